The molecular formula is C17H22N2O2. The third-order valence-electron chi connectivity index (χ3n) is 4.00. The van der Waals surface area contributed by atoms with Gasteiger partial charge in [-0.2, -0.15) is 0 Å². The first-order chi connectivity index (χ1) is 10.2. The molecule has 0 aromatic heterocycles. The zero-order valence-corrected chi connectivity index (χ0v) is 12.5. The molecule has 2 rings (SSSR count). The number of terminal acetylenes is 1. The average molecular weight is 286 g/mol. The van der Waals surface area contributed by atoms with E-state index < -0.39 is 0 Å². The van der Waals surface area contributed by atoms with Crippen molar-refractivity contribution in [3.63, 3.8) is 0 Å². The molecule has 1 saturated heterocycles. The van der Waals surface area contributed by atoms with Crippen LogP contribution in [0.4, 0.5) is 5.69 Å². The predicted molar refractivity (Wildman–Crippen MR) is 83.9 cm³/mol. The molecule has 1 aromatic rings. The van der Waals surface area contributed by atoms with E-state index in [0.717, 1.165) is 38.2 Å². The van der Waals surface area contributed by atoms with E-state index in [-0.39, 0.29) is 11.5 Å². The van der Waals surface area contributed by atoms with Crippen LogP contribution in [0.15, 0.2) is 30.3 Å². The number of piperidine rings is 1. The zero-order valence-electron chi connectivity index (χ0n) is 12.5. The van der Waals surface area contributed by atoms with E-state index >= 15 is 0 Å². The van der Waals surface area contributed by atoms with Crippen LogP contribution in [0.2, 0.25) is 0 Å². The number of carbonyl (C=O) groups excluding carboxylic acids is 1. The summed E-state index contributed by atoms with van der Waals surface area (Å²) in [7, 11) is 1.42. The molecule has 1 aliphatic rings. The van der Waals surface area contributed by atoms with Crippen molar-refractivity contribution >= 4 is 11.7 Å². The second-order valence-corrected chi connectivity index (χ2v) is 5.39. The fraction of sp³-hybridized carbons (Fsp3) is 0.471. The van der Waals surface area contributed by atoms with Gasteiger partial charge in [0.05, 0.1) is 13.5 Å². The second-order valence-electron chi connectivity index (χ2n) is 5.39. The molecule has 1 N–H and O–H groups in total. The van der Waals surface area contributed by atoms with Crippen molar-refractivity contribution in [3.8, 4) is 12.3 Å². The molecule has 0 radical (unpaired) electrons. The molecule has 1 aliphatic heterocycles. The van der Waals surface area contributed by atoms with Gasteiger partial charge in [-0.15, -0.1) is 6.42 Å². The lowest BCUT2D eigenvalue weighted by Gasteiger charge is -2.39. The Kier molecular flexibility index (Phi) is 5.24. The number of carbonyl (C=O) groups is 1. The van der Waals surface area contributed by atoms with Crippen LogP contribution in [0.1, 0.15) is 19.3 Å². The Morgan fingerprint density at radius 3 is 2.62 bits per heavy atom. The van der Waals surface area contributed by atoms with Gasteiger partial charge in [0.1, 0.15) is 5.54 Å². The molecule has 112 valence electrons. The number of nitrogens with zero attached hydrogens (tertiary/aromatic N) is 1. The van der Waals surface area contributed by atoms with Crippen LogP contribution >= 0.6 is 0 Å². The fourth-order valence-electron chi connectivity index (χ4n) is 2.61. The lowest BCUT2D eigenvalue weighted by atomic mass is 9.88. The highest BCUT2D eigenvalue weighted by atomic mass is 16.5. The van der Waals surface area contributed by atoms with Gasteiger partial charge in [0, 0.05) is 25.3 Å². The number of ether oxygens (including phenoxy) is 1. The molecule has 0 bridgehead atoms. The van der Waals surface area contributed by atoms with Crippen LogP contribution in [0.3, 0.4) is 0 Å². The number of benzene rings is 1. The fourth-order valence-corrected chi connectivity index (χ4v) is 2.61. The van der Waals surface area contributed by atoms with E-state index in [2.05, 4.69) is 20.9 Å². The molecule has 0 saturated carbocycles. The molecule has 1 fully saturated rings. The van der Waals surface area contributed by atoms with Crippen molar-refractivity contribution in [1.82, 2.24) is 4.90 Å². The molecular weight excluding hydrogens is 264 g/mol. The van der Waals surface area contributed by atoms with E-state index in [1.807, 2.05) is 30.3 Å². The second kappa shape index (κ2) is 7.14. The molecule has 1 heterocycles. The van der Waals surface area contributed by atoms with Gasteiger partial charge in [-0.1, -0.05) is 24.1 Å². The SMILES string of the molecule is C#CC1(Nc2ccccc2)CCN(CCC(=O)OC)CC1. The van der Waals surface area contributed by atoms with Gasteiger partial charge in [0.2, 0.25) is 0 Å². The molecule has 0 atom stereocenters. The monoisotopic (exact) mass is 286 g/mol. The van der Waals surface area contributed by atoms with Crippen molar-refractivity contribution in [2.45, 2.75) is 24.8 Å². The van der Waals surface area contributed by atoms with E-state index in [1.54, 1.807) is 0 Å². The Balaban J connectivity index is 1.88. The minimum atomic E-state index is -0.289. The number of esters is 1. The molecule has 0 amide bonds. The highest BCUT2D eigenvalue weighted by Crippen LogP contribution is 2.26. The molecule has 0 aliphatic carbocycles. The summed E-state index contributed by atoms with van der Waals surface area (Å²) in [6.45, 7) is 2.51. The summed E-state index contributed by atoms with van der Waals surface area (Å²) in [5.74, 6) is 2.77. The molecule has 0 unspecified atom stereocenters. The number of hydrogen-bond donors (Lipinski definition) is 1. The Morgan fingerprint density at radius 2 is 2.05 bits per heavy atom. The largest absolute Gasteiger partial charge is 0.469 e. The first-order valence-corrected chi connectivity index (χ1v) is 7.28. The summed E-state index contributed by atoms with van der Waals surface area (Å²) < 4.78 is 4.67. The number of hydrogen-bond acceptors (Lipinski definition) is 4. The van der Waals surface area contributed by atoms with Gasteiger partial charge in [-0.25, -0.2) is 0 Å². The van der Waals surface area contributed by atoms with E-state index in [0.29, 0.717) is 6.42 Å². The summed E-state index contributed by atoms with van der Waals surface area (Å²) in [6.07, 6.45) is 7.96. The molecule has 4 nitrogen and oxygen atoms in total. The van der Waals surface area contributed by atoms with Gasteiger partial charge in [0.25, 0.3) is 0 Å². The number of rotatable bonds is 5. The third-order valence-corrected chi connectivity index (χ3v) is 4.00. The number of anilines is 1. The summed E-state index contributed by atoms with van der Waals surface area (Å²) in [5.41, 5.74) is 0.766. The molecule has 4 heteroatoms. The van der Waals surface area contributed by atoms with Crippen molar-refractivity contribution in [1.29, 1.82) is 0 Å². The van der Waals surface area contributed by atoms with Crippen LogP contribution in [0, 0.1) is 12.3 Å². The summed E-state index contributed by atoms with van der Waals surface area (Å²) >= 11 is 0. The Labute approximate surface area is 126 Å². The highest BCUT2D eigenvalue weighted by Gasteiger charge is 2.32. The Bertz CT molecular complexity index is 499. The maximum atomic E-state index is 11.2. The lowest BCUT2D eigenvalue weighted by molar-refractivity contribution is -0.141. The smallest absolute Gasteiger partial charge is 0.306 e. The predicted octanol–water partition coefficient (Wildman–Crippen LogP) is 2.13. The van der Waals surface area contributed by atoms with E-state index in [9.17, 15) is 4.79 Å². The van der Waals surface area contributed by atoms with Crippen LogP contribution in [0.25, 0.3) is 0 Å². The average Bonchev–Trinajstić information content (AvgIpc) is 2.55. The zero-order chi connectivity index (χ0) is 15.1. The Hall–Kier alpha value is -1.99. The van der Waals surface area contributed by atoms with Crippen LogP contribution in [-0.4, -0.2) is 43.2 Å². The van der Waals surface area contributed by atoms with Gasteiger partial charge in [-0.05, 0) is 25.0 Å². The summed E-state index contributed by atoms with van der Waals surface area (Å²) in [4.78, 5) is 13.4. The summed E-state index contributed by atoms with van der Waals surface area (Å²) in [5, 5.41) is 3.49. The normalized spacial score (nSPS) is 17.7. The third kappa shape index (κ3) is 4.24. The standard InChI is InChI=1S/C17H22N2O2/c1-3-17(18-15-7-5-4-6-8-15)10-13-19(14-11-17)12-9-16(20)21-2/h1,4-8,18H,9-14H2,2H3. The molecule has 0 spiro atoms. The topological polar surface area (TPSA) is 41.6 Å². The number of nitrogens with one attached hydrogen (secondary N) is 1. The highest BCUT2D eigenvalue weighted by molar-refractivity contribution is 5.69. The van der Waals surface area contributed by atoms with Crippen molar-refractivity contribution < 1.29 is 9.53 Å². The maximum absolute atomic E-state index is 11.2. The molecule has 21 heavy (non-hydrogen) atoms. The van der Waals surface area contributed by atoms with Gasteiger partial charge < -0.3 is 15.0 Å². The minimum Gasteiger partial charge on any atom is -0.469 e. The van der Waals surface area contributed by atoms with Crippen molar-refractivity contribution in [2.75, 3.05) is 32.1 Å². The minimum absolute atomic E-state index is 0.161. The van der Waals surface area contributed by atoms with Crippen LogP contribution in [0.5, 0.6) is 0 Å². The summed E-state index contributed by atoms with van der Waals surface area (Å²) in [6, 6.07) is 10.0. The lowest BCUT2D eigenvalue weighted by Crippen LogP contribution is -2.48. The van der Waals surface area contributed by atoms with Gasteiger partial charge in [-0.3, -0.25) is 4.79 Å². The van der Waals surface area contributed by atoms with Crippen LogP contribution < -0.4 is 5.32 Å². The number of para-hydroxylation sites is 1. The number of likely N-dealkylation sites (tertiary alicyclic amines) is 1. The Morgan fingerprint density at radius 1 is 1.38 bits per heavy atom. The van der Waals surface area contributed by atoms with Gasteiger partial charge in [0.15, 0.2) is 0 Å². The first kappa shape index (κ1) is 15.4. The van der Waals surface area contributed by atoms with E-state index in [4.69, 9.17) is 6.42 Å². The quantitative estimate of drug-likeness (QED) is 0.665. The molecule has 1 aromatic carbocycles. The maximum Gasteiger partial charge on any atom is 0.306 e. The first-order valence-electron chi connectivity index (χ1n) is 7.28. The van der Waals surface area contributed by atoms with E-state index in [1.165, 1.54) is 7.11 Å². The van der Waals surface area contributed by atoms with Crippen molar-refractivity contribution in [2.24, 2.45) is 0 Å². The number of methoxy groups -OCH3 is 1. The van der Waals surface area contributed by atoms with Gasteiger partial charge >= 0.3 is 5.97 Å². The van der Waals surface area contributed by atoms with Crippen molar-refractivity contribution in [3.05, 3.63) is 30.3 Å². The van der Waals surface area contributed by atoms with Crippen LogP contribution in [-0.2, 0) is 9.53 Å².